The Morgan fingerprint density at radius 2 is 2.16 bits per heavy atom. The molecule has 0 saturated carbocycles. The fraction of sp³-hybridized carbons (Fsp3) is 0.667. The zero-order valence-corrected chi connectivity index (χ0v) is 14.2. The van der Waals surface area contributed by atoms with E-state index in [4.69, 9.17) is 0 Å². The van der Waals surface area contributed by atoms with Crippen LogP contribution in [-0.4, -0.2) is 38.6 Å². The number of rotatable bonds is 5. The Kier molecular flexibility index (Phi) is 5.42. The Morgan fingerprint density at radius 3 is 2.74 bits per heavy atom. The monoisotopic (exact) mass is 366 g/mol. The summed E-state index contributed by atoms with van der Waals surface area (Å²) in [5.41, 5.74) is 1.04. The molecule has 1 aliphatic rings. The fourth-order valence-corrected chi connectivity index (χ4v) is 4.99. The number of thiophene rings is 1. The Bertz CT molecular complexity index is 510. The summed E-state index contributed by atoms with van der Waals surface area (Å²) in [5.74, 6) is 0.569. The first-order valence-corrected chi connectivity index (χ1v) is 9.63. The van der Waals surface area contributed by atoms with Crippen LogP contribution in [0.1, 0.15) is 18.4 Å². The van der Waals surface area contributed by atoms with Crippen molar-refractivity contribution in [2.45, 2.75) is 19.4 Å². The minimum atomic E-state index is -3.15. The van der Waals surface area contributed by atoms with Crippen LogP contribution < -0.4 is 5.32 Å². The highest BCUT2D eigenvalue weighted by molar-refractivity contribution is 9.11. The quantitative estimate of drug-likeness (QED) is 0.869. The molecule has 0 aliphatic carbocycles. The molecule has 0 bridgehead atoms. The summed E-state index contributed by atoms with van der Waals surface area (Å²) in [6.07, 6.45) is 1.91. The summed E-state index contributed by atoms with van der Waals surface area (Å²) in [5, 5.41) is 5.25. The molecular formula is C12H19BrN2O2S2. The molecule has 1 aromatic rings. The van der Waals surface area contributed by atoms with Crippen molar-refractivity contribution in [2.75, 3.05) is 25.9 Å². The van der Waals surface area contributed by atoms with Gasteiger partial charge < -0.3 is 5.32 Å². The largest absolute Gasteiger partial charge is 0.317 e. The third kappa shape index (κ3) is 4.53. The van der Waals surface area contributed by atoms with Crippen molar-refractivity contribution < 1.29 is 8.42 Å². The number of halogens is 1. The van der Waals surface area contributed by atoms with Gasteiger partial charge in [-0.05, 0) is 64.8 Å². The molecule has 4 nitrogen and oxygen atoms in total. The van der Waals surface area contributed by atoms with Crippen LogP contribution in [0.5, 0.6) is 0 Å². The van der Waals surface area contributed by atoms with E-state index in [1.165, 1.54) is 4.31 Å². The van der Waals surface area contributed by atoms with Gasteiger partial charge in [0, 0.05) is 13.6 Å². The van der Waals surface area contributed by atoms with Gasteiger partial charge in [0.2, 0.25) is 10.0 Å². The van der Waals surface area contributed by atoms with Gasteiger partial charge >= 0.3 is 0 Å². The van der Waals surface area contributed by atoms with Gasteiger partial charge in [0.15, 0.2) is 0 Å². The van der Waals surface area contributed by atoms with Crippen LogP contribution in [-0.2, 0) is 16.6 Å². The third-order valence-electron chi connectivity index (χ3n) is 3.41. The molecule has 108 valence electrons. The first-order chi connectivity index (χ1) is 8.97. The highest BCUT2D eigenvalue weighted by Crippen LogP contribution is 2.23. The van der Waals surface area contributed by atoms with Crippen molar-refractivity contribution in [1.29, 1.82) is 0 Å². The first kappa shape index (κ1) is 15.4. The molecular weight excluding hydrogens is 348 g/mol. The van der Waals surface area contributed by atoms with Crippen molar-refractivity contribution in [2.24, 2.45) is 5.92 Å². The van der Waals surface area contributed by atoms with Crippen molar-refractivity contribution in [1.82, 2.24) is 9.62 Å². The number of nitrogens with zero attached hydrogens (tertiary/aromatic N) is 1. The molecule has 2 heterocycles. The molecule has 0 aromatic carbocycles. The van der Waals surface area contributed by atoms with Crippen LogP contribution in [0.4, 0.5) is 0 Å². The minimum Gasteiger partial charge on any atom is -0.317 e. The molecule has 1 saturated heterocycles. The molecule has 1 aromatic heterocycles. The summed E-state index contributed by atoms with van der Waals surface area (Å²) >= 11 is 4.98. The molecule has 1 fully saturated rings. The standard InChI is InChI=1S/C12H19BrN2O2S2/c1-15(7-11-6-12(13)18-8-11)19(16,17)9-10-2-4-14-5-3-10/h6,8,10,14H,2-5,7,9H2,1H3. The van der Waals surface area contributed by atoms with Gasteiger partial charge in [0.1, 0.15) is 0 Å². The molecule has 1 N–H and O–H groups in total. The van der Waals surface area contributed by atoms with E-state index >= 15 is 0 Å². The lowest BCUT2D eigenvalue weighted by Crippen LogP contribution is -2.36. The number of nitrogens with one attached hydrogen (secondary N) is 1. The SMILES string of the molecule is CN(Cc1csc(Br)c1)S(=O)(=O)CC1CCNCC1. The van der Waals surface area contributed by atoms with Gasteiger partial charge in [-0.2, -0.15) is 0 Å². The van der Waals surface area contributed by atoms with E-state index in [0.29, 0.717) is 12.5 Å². The Morgan fingerprint density at radius 1 is 1.47 bits per heavy atom. The summed E-state index contributed by atoms with van der Waals surface area (Å²) in [6.45, 7) is 2.32. The van der Waals surface area contributed by atoms with Gasteiger partial charge in [-0.1, -0.05) is 0 Å². The average molecular weight is 367 g/mol. The van der Waals surface area contributed by atoms with Gasteiger partial charge in [0.05, 0.1) is 9.54 Å². The number of sulfonamides is 1. The molecule has 0 spiro atoms. The second kappa shape index (κ2) is 6.67. The highest BCUT2D eigenvalue weighted by atomic mass is 79.9. The smallest absolute Gasteiger partial charge is 0.214 e. The van der Waals surface area contributed by atoms with Crippen molar-refractivity contribution in [3.63, 3.8) is 0 Å². The van der Waals surface area contributed by atoms with Crippen LogP contribution >= 0.6 is 27.3 Å². The van der Waals surface area contributed by atoms with Crippen LogP contribution in [0.2, 0.25) is 0 Å². The summed E-state index contributed by atoms with van der Waals surface area (Å²) in [6, 6.07) is 1.97. The van der Waals surface area contributed by atoms with Crippen LogP contribution in [0.25, 0.3) is 0 Å². The Balaban J connectivity index is 1.94. The molecule has 19 heavy (non-hydrogen) atoms. The van der Waals surface area contributed by atoms with E-state index in [-0.39, 0.29) is 5.75 Å². The van der Waals surface area contributed by atoms with Crippen LogP contribution in [0, 0.1) is 5.92 Å². The number of hydrogen-bond acceptors (Lipinski definition) is 4. The second-order valence-electron chi connectivity index (χ2n) is 4.99. The Hall–Kier alpha value is 0.0500. The summed E-state index contributed by atoms with van der Waals surface area (Å²) in [7, 11) is -1.49. The predicted molar refractivity (Wildman–Crippen MR) is 82.9 cm³/mol. The summed E-state index contributed by atoms with van der Waals surface area (Å²) in [4.78, 5) is 0. The van der Waals surface area contributed by atoms with E-state index < -0.39 is 10.0 Å². The van der Waals surface area contributed by atoms with Gasteiger partial charge in [-0.15, -0.1) is 11.3 Å². The molecule has 7 heteroatoms. The molecule has 2 rings (SSSR count). The first-order valence-electron chi connectivity index (χ1n) is 6.35. The molecule has 0 atom stereocenters. The van der Waals surface area contributed by atoms with Crippen molar-refractivity contribution in [3.8, 4) is 0 Å². The van der Waals surface area contributed by atoms with E-state index in [1.807, 2.05) is 11.4 Å². The third-order valence-corrected chi connectivity index (χ3v) is 6.93. The van der Waals surface area contributed by atoms with E-state index in [0.717, 1.165) is 35.3 Å². The van der Waals surface area contributed by atoms with Crippen molar-refractivity contribution >= 4 is 37.3 Å². The minimum absolute atomic E-state index is 0.274. The predicted octanol–water partition coefficient (Wildman–Crippen LogP) is 2.27. The zero-order chi connectivity index (χ0) is 13.9. The molecule has 0 unspecified atom stereocenters. The van der Waals surface area contributed by atoms with Crippen LogP contribution in [0.15, 0.2) is 15.2 Å². The molecule has 1 aliphatic heterocycles. The number of hydrogen-bond donors (Lipinski definition) is 1. The topological polar surface area (TPSA) is 49.4 Å². The zero-order valence-electron chi connectivity index (χ0n) is 10.9. The lowest BCUT2D eigenvalue weighted by Gasteiger charge is -2.25. The lowest BCUT2D eigenvalue weighted by molar-refractivity contribution is 0.388. The summed E-state index contributed by atoms with van der Waals surface area (Å²) < 4.78 is 27.1. The van der Waals surface area contributed by atoms with Gasteiger partial charge in [-0.25, -0.2) is 12.7 Å². The van der Waals surface area contributed by atoms with E-state index in [2.05, 4.69) is 21.2 Å². The van der Waals surface area contributed by atoms with Gasteiger partial charge in [-0.3, -0.25) is 0 Å². The van der Waals surface area contributed by atoms with Crippen molar-refractivity contribution in [3.05, 3.63) is 20.8 Å². The van der Waals surface area contributed by atoms with Gasteiger partial charge in [0.25, 0.3) is 0 Å². The maximum Gasteiger partial charge on any atom is 0.214 e. The number of piperidine rings is 1. The Labute approximate surface area is 127 Å². The van der Waals surface area contributed by atoms with E-state index in [1.54, 1.807) is 18.4 Å². The molecule has 0 radical (unpaired) electrons. The highest BCUT2D eigenvalue weighted by Gasteiger charge is 2.25. The average Bonchev–Trinajstić information content (AvgIpc) is 2.75. The maximum absolute atomic E-state index is 12.3. The normalized spacial score (nSPS) is 18.1. The molecule has 0 amide bonds. The van der Waals surface area contributed by atoms with E-state index in [9.17, 15) is 8.42 Å². The second-order valence-corrected chi connectivity index (χ2v) is 9.40. The van der Waals surface area contributed by atoms with Crippen LogP contribution in [0.3, 0.4) is 0 Å². The maximum atomic E-state index is 12.3. The fourth-order valence-electron chi connectivity index (χ4n) is 2.26. The lowest BCUT2D eigenvalue weighted by atomic mass is 10.0.